The molecule has 0 radical (unpaired) electrons. The maximum atomic E-state index is 12.4. The summed E-state index contributed by atoms with van der Waals surface area (Å²) in [6.07, 6.45) is 0. The molecule has 1 aromatic rings. The van der Waals surface area contributed by atoms with Gasteiger partial charge >= 0.3 is 0 Å². The zero-order valence-electron chi connectivity index (χ0n) is 12.4. The molecule has 6 nitrogen and oxygen atoms in total. The van der Waals surface area contributed by atoms with Crippen molar-refractivity contribution in [2.75, 3.05) is 44.3 Å². The molecule has 120 valence electrons. The molecule has 0 bridgehead atoms. The van der Waals surface area contributed by atoms with Gasteiger partial charge < -0.3 is 9.64 Å². The number of nitrogens with zero attached hydrogens (tertiary/aromatic N) is 2. The fourth-order valence-corrected chi connectivity index (χ4v) is 3.97. The van der Waals surface area contributed by atoms with Crippen molar-refractivity contribution in [1.82, 2.24) is 9.80 Å². The molecular formula is C15H20N2O4S. The molecule has 2 aliphatic rings. The largest absolute Gasteiger partial charge is 0.492 e. The van der Waals surface area contributed by atoms with Crippen molar-refractivity contribution in [2.24, 2.45) is 0 Å². The fourth-order valence-electron chi connectivity index (χ4n) is 2.77. The van der Waals surface area contributed by atoms with Gasteiger partial charge in [0.05, 0.1) is 18.1 Å². The molecule has 0 aliphatic carbocycles. The van der Waals surface area contributed by atoms with Gasteiger partial charge in [-0.15, -0.1) is 0 Å². The van der Waals surface area contributed by atoms with Crippen LogP contribution in [0.5, 0.6) is 5.75 Å². The molecule has 1 fully saturated rings. The average molecular weight is 324 g/mol. The Morgan fingerprint density at radius 3 is 2.64 bits per heavy atom. The molecule has 1 amide bonds. The van der Waals surface area contributed by atoms with Crippen LogP contribution in [0.15, 0.2) is 24.3 Å². The number of fused-ring (bicyclic) bond motifs is 1. The van der Waals surface area contributed by atoms with E-state index in [-0.39, 0.29) is 17.4 Å². The lowest BCUT2D eigenvalue weighted by atomic mass is 10.2. The Morgan fingerprint density at radius 1 is 1.14 bits per heavy atom. The summed E-state index contributed by atoms with van der Waals surface area (Å²) in [5.41, 5.74) is 1.08. The van der Waals surface area contributed by atoms with E-state index in [0.29, 0.717) is 39.3 Å². The maximum absolute atomic E-state index is 12.4. The number of para-hydroxylation sites is 1. The van der Waals surface area contributed by atoms with E-state index >= 15 is 0 Å². The van der Waals surface area contributed by atoms with Crippen molar-refractivity contribution in [3.63, 3.8) is 0 Å². The summed E-state index contributed by atoms with van der Waals surface area (Å²) in [6.45, 7) is 2.83. The van der Waals surface area contributed by atoms with Crippen LogP contribution in [-0.4, -0.2) is 68.4 Å². The van der Waals surface area contributed by atoms with Crippen molar-refractivity contribution in [3.8, 4) is 5.75 Å². The summed E-state index contributed by atoms with van der Waals surface area (Å²) in [5.74, 6) is 1.02. The van der Waals surface area contributed by atoms with Gasteiger partial charge in [0.1, 0.15) is 12.4 Å². The summed E-state index contributed by atoms with van der Waals surface area (Å²) in [6, 6.07) is 7.85. The molecule has 3 rings (SSSR count). The molecule has 7 heteroatoms. The molecule has 0 saturated carbocycles. The lowest BCUT2D eigenvalue weighted by molar-refractivity contribution is -0.132. The first kappa shape index (κ1) is 15.3. The number of benzene rings is 1. The van der Waals surface area contributed by atoms with Crippen LogP contribution >= 0.6 is 0 Å². The highest BCUT2D eigenvalue weighted by Gasteiger charge is 2.26. The number of sulfone groups is 1. The van der Waals surface area contributed by atoms with E-state index in [2.05, 4.69) is 4.90 Å². The second-order valence-corrected chi connectivity index (χ2v) is 8.00. The van der Waals surface area contributed by atoms with Crippen LogP contribution in [0.3, 0.4) is 0 Å². The predicted molar refractivity (Wildman–Crippen MR) is 82.4 cm³/mol. The number of carbonyl (C=O) groups is 1. The highest BCUT2D eigenvalue weighted by molar-refractivity contribution is 7.91. The maximum Gasteiger partial charge on any atom is 0.236 e. The van der Waals surface area contributed by atoms with Crippen molar-refractivity contribution in [1.29, 1.82) is 0 Å². The highest BCUT2D eigenvalue weighted by Crippen LogP contribution is 2.22. The van der Waals surface area contributed by atoms with E-state index in [1.807, 2.05) is 24.3 Å². The second kappa shape index (κ2) is 6.26. The Kier molecular flexibility index (Phi) is 4.35. The second-order valence-electron chi connectivity index (χ2n) is 5.70. The first-order valence-corrected chi connectivity index (χ1v) is 9.27. The molecule has 0 N–H and O–H groups in total. The van der Waals surface area contributed by atoms with Gasteiger partial charge in [0.25, 0.3) is 0 Å². The van der Waals surface area contributed by atoms with Crippen molar-refractivity contribution < 1.29 is 17.9 Å². The standard InChI is InChI=1S/C15H20N2O4S/c18-15(17-6-9-22(19,20)10-7-17)12-16-5-8-21-14-4-2-1-3-13(14)11-16/h1-4H,5-12H2. The third-order valence-corrected chi connectivity index (χ3v) is 5.70. The van der Waals surface area contributed by atoms with Crippen LogP contribution in [0.25, 0.3) is 0 Å². The zero-order chi connectivity index (χ0) is 15.6. The molecule has 0 aromatic heterocycles. The highest BCUT2D eigenvalue weighted by atomic mass is 32.2. The van der Waals surface area contributed by atoms with Gasteiger partial charge in [-0.05, 0) is 6.07 Å². The van der Waals surface area contributed by atoms with Gasteiger partial charge in [-0.25, -0.2) is 8.42 Å². The monoisotopic (exact) mass is 324 g/mol. The third kappa shape index (κ3) is 3.59. The molecule has 2 aliphatic heterocycles. The number of hydrogen-bond acceptors (Lipinski definition) is 5. The average Bonchev–Trinajstić information content (AvgIpc) is 2.68. The van der Waals surface area contributed by atoms with Gasteiger partial charge in [-0.3, -0.25) is 9.69 Å². The normalized spacial score (nSPS) is 21.5. The molecule has 22 heavy (non-hydrogen) atoms. The van der Waals surface area contributed by atoms with Crippen LogP contribution in [0, 0.1) is 0 Å². The molecule has 1 aromatic carbocycles. The first-order valence-electron chi connectivity index (χ1n) is 7.45. The molecule has 0 unspecified atom stereocenters. The van der Waals surface area contributed by atoms with Gasteiger partial charge in [0.15, 0.2) is 9.84 Å². The molecule has 0 atom stereocenters. The van der Waals surface area contributed by atoms with Crippen molar-refractivity contribution in [3.05, 3.63) is 29.8 Å². The SMILES string of the molecule is O=C(CN1CCOc2ccccc2C1)N1CCS(=O)(=O)CC1. The minimum Gasteiger partial charge on any atom is -0.492 e. The number of hydrogen-bond donors (Lipinski definition) is 0. The Bertz CT molecular complexity index is 645. The summed E-state index contributed by atoms with van der Waals surface area (Å²) >= 11 is 0. The molecule has 0 spiro atoms. The molecule has 2 heterocycles. The third-order valence-electron chi connectivity index (χ3n) is 4.09. The van der Waals surface area contributed by atoms with Crippen LogP contribution in [0.1, 0.15) is 5.56 Å². The van der Waals surface area contributed by atoms with Crippen molar-refractivity contribution in [2.45, 2.75) is 6.54 Å². The van der Waals surface area contributed by atoms with Gasteiger partial charge in [-0.2, -0.15) is 0 Å². The number of ether oxygens (including phenoxy) is 1. The van der Waals surface area contributed by atoms with Gasteiger partial charge in [0, 0.05) is 31.7 Å². The fraction of sp³-hybridized carbons (Fsp3) is 0.533. The first-order chi connectivity index (χ1) is 10.5. The topological polar surface area (TPSA) is 66.9 Å². The predicted octanol–water partition coefficient (Wildman–Crippen LogP) is 0.138. The van der Waals surface area contributed by atoms with Crippen LogP contribution in [0.4, 0.5) is 0 Å². The van der Waals surface area contributed by atoms with Gasteiger partial charge in [0.2, 0.25) is 5.91 Å². The number of rotatable bonds is 2. The summed E-state index contributed by atoms with van der Waals surface area (Å²) < 4.78 is 28.5. The van der Waals surface area contributed by atoms with E-state index in [9.17, 15) is 13.2 Å². The summed E-state index contributed by atoms with van der Waals surface area (Å²) in [5, 5.41) is 0. The van der Waals surface area contributed by atoms with E-state index < -0.39 is 9.84 Å². The minimum atomic E-state index is -2.96. The van der Waals surface area contributed by atoms with E-state index in [0.717, 1.165) is 11.3 Å². The van der Waals surface area contributed by atoms with E-state index in [1.54, 1.807) is 4.90 Å². The van der Waals surface area contributed by atoms with Gasteiger partial charge in [-0.1, -0.05) is 18.2 Å². The van der Waals surface area contributed by atoms with E-state index in [4.69, 9.17) is 4.74 Å². The van der Waals surface area contributed by atoms with Crippen LogP contribution in [-0.2, 0) is 21.2 Å². The minimum absolute atomic E-state index is 0.00530. The number of carbonyl (C=O) groups excluding carboxylic acids is 1. The van der Waals surface area contributed by atoms with E-state index in [1.165, 1.54) is 0 Å². The molecular weight excluding hydrogens is 304 g/mol. The number of amides is 1. The Morgan fingerprint density at radius 2 is 1.86 bits per heavy atom. The van der Waals surface area contributed by atoms with Crippen LogP contribution in [0.2, 0.25) is 0 Å². The Hall–Kier alpha value is -1.60. The summed E-state index contributed by atoms with van der Waals surface area (Å²) in [4.78, 5) is 16.1. The Labute approximate surface area is 130 Å². The molecule has 1 saturated heterocycles. The smallest absolute Gasteiger partial charge is 0.236 e. The quantitative estimate of drug-likeness (QED) is 0.774. The van der Waals surface area contributed by atoms with Crippen LogP contribution < -0.4 is 4.74 Å². The zero-order valence-corrected chi connectivity index (χ0v) is 13.2. The Balaban J connectivity index is 1.60. The van der Waals surface area contributed by atoms with Crippen molar-refractivity contribution >= 4 is 15.7 Å². The lowest BCUT2D eigenvalue weighted by Crippen LogP contribution is -2.47. The summed E-state index contributed by atoms with van der Waals surface area (Å²) in [7, 11) is -2.96. The lowest BCUT2D eigenvalue weighted by Gasteiger charge is -2.29.